The van der Waals surface area contributed by atoms with Crippen LogP contribution in [-0.4, -0.2) is 90.6 Å². The van der Waals surface area contributed by atoms with Gasteiger partial charge in [-0.3, -0.25) is 38.4 Å². The average Bonchev–Trinajstić information content (AvgIpc) is 2.02. The molecule has 0 saturated heterocycles. The number of carbonyl (C=O) groups excluding carboxylic acids is 1. The minimum absolute atomic E-state index is 0.0713. The monoisotopic (exact) mass is 1620 g/mol. The number of methoxy groups -OCH3 is 1. The summed E-state index contributed by atoms with van der Waals surface area (Å²) in [4.78, 5) is 82.2. The lowest BCUT2D eigenvalue weighted by molar-refractivity contribution is -0.141. The molecule has 0 atom stereocenters. The lowest BCUT2D eigenvalue weighted by Crippen LogP contribution is -1.99. The van der Waals surface area contributed by atoms with E-state index in [4.69, 9.17) is 35.7 Å². The maximum Gasteiger partial charge on any atom is 0.305 e. The number of hydrogen-bond donors (Lipinski definition) is 7. The summed E-state index contributed by atoms with van der Waals surface area (Å²) in [6.07, 6.45) is 92.5. The summed E-state index contributed by atoms with van der Waals surface area (Å²) in [7, 11) is 1.45. The number of unbranched alkanes of at least 4 members (excludes halogenated alkanes) is 64. The standard InChI is InChI=1S/C13H26O2.7C12H24O2/c1-3-4-5-6-7-8-9-10-11-12-13(14)15-2;7*1-2-3-4-5-6-7-8-9-10-11-12(13)14/h3-12H2,1-2H3;7*2-11H2,1H3,(H,13,14). The molecule has 678 valence electrons. The second-order valence-corrected chi connectivity index (χ2v) is 32.0. The topological polar surface area (TPSA) is 287 Å². The first-order chi connectivity index (χ1) is 54.7. The Morgan fingerprint density at radius 3 is 0.301 bits per heavy atom. The molecular weight excluding hydrogens is 1420 g/mol. The van der Waals surface area contributed by atoms with Crippen LogP contribution in [0.25, 0.3) is 0 Å². The summed E-state index contributed by atoms with van der Waals surface area (Å²) in [5.74, 6) is -4.69. The van der Waals surface area contributed by atoms with Crippen molar-refractivity contribution in [2.45, 2.75) is 569 Å². The van der Waals surface area contributed by atoms with E-state index in [0.29, 0.717) is 51.4 Å². The van der Waals surface area contributed by atoms with Crippen LogP contribution in [0.1, 0.15) is 569 Å². The van der Waals surface area contributed by atoms with Crippen LogP contribution in [0.2, 0.25) is 0 Å². The van der Waals surface area contributed by atoms with Gasteiger partial charge in [0.15, 0.2) is 0 Å². The highest BCUT2D eigenvalue weighted by Gasteiger charge is 2.04. The maximum atomic E-state index is 10.8. The van der Waals surface area contributed by atoms with E-state index >= 15 is 0 Å². The highest BCUT2D eigenvalue weighted by Crippen LogP contribution is 2.18. The van der Waals surface area contributed by atoms with E-state index in [-0.39, 0.29) is 5.97 Å². The summed E-state index contributed by atoms with van der Waals surface area (Å²) >= 11 is 0. The highest BCUT2D eigenvalue weighted by atomic mass is 16.5. The van der Waals surface area contributed by atoms with E-state index in [9.17, 15) is 38.4 Å². The molecule has 0 heterocycles. The number of hydrogen-bond acceptors (Lipinski definition) is 9. The zero-order valence-corrected chi connectivity index (χ0v) is 76.4. The quantitative estimate of drug-likeness (QED) is 0.0220. The van der Waals surface area contributed by atoms with Crippen LogP contribution < -0.4 is 0 Å². The predicted molar refractivity (Wildman–Crippen MR) is 480 cm³/mol. The van der Waals surface area contributed by atoms with Gasteiger partial charge < -0.3 is 40.5 Å². The number of carboxylic acids is 7. The molecule has 0 bridgehead atoms. The molecule has 0 radical (unpaired) electrons. The van der Waals surface area contributed by atoms with Crippen LogP contribution in [0, 0.1) is 0 Å². The lowest BCUT2D eigenvalue weighted by atomic mass is 10.1. The van der Waals surface area contributed by atoms with Gasteiger partial charge in [0.1, 0.15) is 0 Å². The Labute approximate surface area is 699 Å². The third-order valence-electron chi connectivity index (χ3n) is 20.2. The smallest absolute Gasteiger partial charge is 0.305 e. The van der Waals surface area contributed by atoms with Crippen molar-refractivity contribution in [1.82, 2.24) is 0 Å². The summed E-state index contributed by atoms with van der Waals surface area (Å²) in [5, 5.41) is 58.9. The molecule has 0 aliphatic heterocycles. The Morgan fingerprint density at radius 2 is 0.221 bits per heavy atom. The van der Waals surface area contributed by atoms with Crippen LogP contribution in [0.5, 0.6) is 0 Å². The first kappa shape index (κ1) is 124. The van der Waals surface area contributed by atoms with Crippen LogP contribution in [0.15, 0.2) is 0 Å². The zero-order valence-electron chi connectivity index (χ0n) is 76.4. The normalized spacial score (nSPS) is 10.3. The van der Waals surface area contributed by atoms with Crippen molar-refractivity contribution in [3.8, 4) is 0 Å². The van der Waals surface area contributed by atoms with Gasteiger partial charge in [-0.25, -0.2) is 0 Å². The molecule has 0 rings (SSSR count). The van der Waals surface area contributed by atoms with Crippen LogP contribution >= 0.6 is 0 Å². The second kappa shape index (κ2) is 121. The molecule has 16 nitrogen and oxygen atoms in total. The summed E-state index contributed by atoms with van der Waals surface area (Å²) in [5.41, 5.74) is 0. The maximum absolute atomic E-state index is 10.8. The fourth-order valence-electron chi connectivity index (χ4n) is 12.8. The first-order valence-corrected chi connectivity index (χ1v) is 48.3. The van der Waals surface area contributed by atoms with Gasteiger partial charge in [0, 0.05) is 51.4 Å². The number of rotatable bonds is 80. The molecule has 0 amide bonds. The second-order valence-electron chi connectivity index (χ2n) is 32.0. The highest BCUT2D eigenvalue weighted by molar-refractivity contribution is 5.69. The Hall–Kier alpha value is -4.24. The molecule has 0 aliphatic rings. The summed E-state index contributed by atoms with van der Waals surface area (Å²) in [6.45, 7) is 17.8. The Kier molecular flexibility index (Phi) is 133. The molecule has 7 N–H and O–H groups in total. The van der Waals surface area contributed by atoms with E-state index in [2.05, 4.69) is 60.1 Å². The minimum Gasteiger partial charge on any atom is -0.481 e. The molecule has 0 spiro atoms. The third-order valence-corrected chi connectivity index (χ3v) is 20.2. The largest absolute Gasteiger partial charge is 0.481 e. The summed E-state index contributed by atoms with van der Waals surface area (Å²) < 4.78 is 4.58. The van der Waals surface area contributed by atoms with Crippen molar-refractivity contribution >= 4 is 47.8 Å². The number of aliphatic carboxylic acids is 7. The molecule has 113 heavy (non-hydrogen) atoms. The van der Waals surface area contributed by atoms with Gasteiger partial charge in [0.2, 0.25) is 0 Å². The van der Waals surface area contributed by atoms with Crippen LogP contribution in [0.4, 0.5) is 0 Å². The van der Waals surface area contributed by atoms with Gasteiger partial charge in [0.05, 0.1) is 7.11 Å². The molecular formula is C97H194O16. The molecule has 0 aromatic rings. The van der Waals surface area contributed by atoms with Gasteiger partial charge in [-0.1, -0.05) is 466 Å². The van der Waals surface area contributed by atoms with Crippen LogP contribution in [-0.2, 0) is 43.1 Å². The summed E-state index contributed by atoms with van der Waals surface area (Å²) in [6, 6.07) is 0. The number of ether oxygens (including phenoxy) is 1. The van der Waals surface area contributed by atoms with E-state index in [1.54, 1.807) is 0 Å². The lowest BCUT2D eigenvalue weighted by Gasteiger charge is -2.01. The van der Waals surface area contributed by atoms with Crippen molar-refractivity contribution in [1.29, 1.82) is 0 Å². The Bertz CT molecular complexity index is 1530. The molecule has 0 fully saturated rings. The zero-order chi connectivity index (χ0) is 85.9. The van der Waals surface area contributed by atoms with Crippen molar-refractivity contribution in [3.63, 3.8) is 0 Å². The molecule has 0 unspecified atom stereocenters. The molecule has 0 aromatic carbocycles. The minimum atomic E-state index is -0.659. The van der Waals surface area contributed by atoms with Crippen molar-refractivity contribution in [2.24, 2.45) is 0 Å². The Morgan fingerprint density at radius 1 is 0.142 bits per heavy atom. The number of carbonyl (C=O) groups is 8. The average molecular weight is 1620 g/mol. The number of carboxylic acid groups (broad SMARTS) is 7. The van der Waals surface area contributed by atoms with Crippen molar-refractivity contribution < 1.29 is 78.8 Å². The van der Waals surface area contributed by atoms with Gasteiger partial charge in [-0.2, -0.15) is 0 Å². The fraction of sp³-hybridized carbons (Fsp3) is 0.918. The van der Waals surface area contributed by atoms with E-state index in [0.717, 1.165) is 96.3 Å². The van der Waals surface area contributed by atoms with Crippen molar-refractivity contribution in [2.75, 3.05) is 7.11 Å². The van der Waals surface area contributed by atoms with Crippen LogP contribution in [0.3, 0.4) is 0 Å². The van der Waals surface area contributed by atoms with Gasteiger partial charge in [-0.05, 0) is 51.4 Å². The predicted octanol–water partition coefficient (Wildman–Crippen LogP) is 32.0. The van der Waals surface area contributed by atoms with Gasteiger partial charge in [0.25, 0.3) is 0 Å². The van der Waals surface area contributed by atoms with E-state index in [1.807, 2.05) is 0 Å². The van der Waals surface area contributed by atoms with Crippen molar-refractivity contribution in [3.05, 3.63) is 0 Å². The molecule has 0 aromatic heterocycles. The molecule has 16 heteroatoms. The van der Waals surface area contributed by atoms with Gasteiger partial charge >= 0.3 is 47.8 Å². The van der Waals surface area contributed by atoms with E-state index in [1.165, 1.54) is 373 Å². The van der Waals surface area contributed by atoms with E-state index < -0.39 is 41.8 Å². The number of esters is 1. The Balaban J connectivity index is -0.000000186. The fourth-order valence-corrected chi connectivity index (χ4v) is 12.8. The molecule has 0 saturated carbocycles. The molecule has 0 aliphatic carbocycles. The SMILES string of the molecule is CCCCCCCCCCCC(=O)O.CCCCCCCCCCCC(=O)O.CCCCCCCCCCCC(=O)O.CCCCCCCCCCCC(=O)O.CCCCCCCCCCCC(=O)O.CCCCCCCCCCCC(=O)O.CCCCCCCCCCCC(=O)O.CCCCCCCCCCCC(=O)OC. The third kappa shape index (κ3) is 164. The van der Waals surface area contributed by atoms with Gasteiger partial charge in [-0.15, -0.1) is 0 Å². The first-order valence-electron chi connectivity index (χ1n) is 48.3.